The van der Waals surface area contributed by atoms with E-state index in [-0.39, 0.29) is 17.7 Å². The first-order valence-electron chi connectivity index (χ1n) is 6.50. The number of phenolic OH excluding ortho intramolecular Hbond substituents is 1. The summed E-state index contributed by atoms with van der Waals surface area (Å²) in [6.45, 7) is 0.626. The first-order valence-corrected chi connectivity index (χ1v) is 6.50. The van der Waals surface area contributed by atoms with Crippen LogP contribution >= 0.6 is 0 Å². The third-order valence-electron chi connectivity index (χ3n) is 3.66. The van der Waals surface area contributed by atoms with Gasteiger partial charge in [-0.25, -0.2) is 0 Å². The average Bonchev–Trinajstić information content (AvgIpc) is 2.40. The van der Waals surface area contributed by atoms with Gasteiger partial charge in [0.2, 0.25) is 0 Å². The number of amides is 1. The Bertz CT molecular complexity index is 403. The molecule has 4 nitrogen and oxygen atoms in total. The van der Waals surface area contributed by atoms with E-state index in [4.69, 9.17) is 5.73 Å². The lowest BCUT2D eigenvalue weighted by molar-refractivity contribution is 0.0908. The van der Waals surface area contributed by atoms with Crippen LogP contribution in [0.1, 0.15) is 36.0 Å². The summed E-state index contributed by atoms with van der Waals surface area (Å²) in [5.41, 5.74) is 6.32. The van der Waals surface area contributed by atoms with Gasteiger partial charge in [-0.3, -0.25) is 4.79 Å². The van der Waals surface area contributed by atoms with Crippen LogP contribution in [0.3, 0.4) is 0 Å². The number of nitrogens with two attached hydrogens (primary N) is 1. The van der Waals surface area contributed by atoms with Gasteiger partial charge >= 0.3 is 0 Å². The van der Waals surface area contributed by atoms with Crippen molar-refractivity contribution in [1.29, 1.82) is 0 Å². The molecule has 0 aliphatic heterocycles. The molecule has 4 N–H and O–H groups in total. The van der Waals surface area contributed by atoms with Crippen molar-refractivity contribution in [1.82, 2.24) is 5.32 Å². The minimum atomic E-state index is -0.0830. The molecule has 0 heterocycles. The van der Waals surface area contributed by atoms with Gasteiger partial charge < -0.3 is 16.2 Å². The lowest BCUT2D eigenvalue weighted by atomic mass is 9.84. The molecule has 1 amide bonds. The molecule has 2 atom stereocenters. The average molecular weight is 248 g/mol. The van der Waals surface area contributed by atoms with Gasteiger partial charge in [-0.15, -0.1) is 0 Å². The van der Waals surface area contributed by atoms with Crippen LogP contribution in [-0.4, -0.2) is 23.6 Å². The van der Waals surface area contributed by atoms with E-state index in [1.54, 1.807) is 12.1 Å². The molecule has 98 valence electrons. The van der Waals surface area contributed by atoms with Gasteiger partial charge in [0.1, 0.15) is 5.75 Å². The maximum absolute atomic E-state index is 12.1. The molecule has 0 bridgehead atoms. The molecule has 18 heavy (non-hydrogen) atoms. The highest BCUT2D eigenvalue weighted by molar-refractivity contribution is 5.94. The van der Waals surface area contributed by atoms with Crippen molar-refractivity contribution in [2.75, 3.05) is 6.54 Å². The summed E-state index contributed by atoms with van der Waals surface area (Å²) in [6, 6.07) is 6.49. The number of hydrogen-bond donors (Lipinski definition) is 3. The van der Waals surface area contributed by atoms with Crippen LogP contribution < -0.4 is 11.1 Å². The van der Waals surface area contributed by atoms with Crippen LogP contribution in [0.15, 0.2) is 24.3 Å². The molecule has 2 unspecified atom stereocenters. The molecule has 1 fully saturated rings. The number of carbonyl (C=O) groups is 1. The van der Waals surface area contributed by atoms with E-state index in [9.17, 15) is 9.90 Å². The van der Waals surface area contributed by atoms with E-state index in [0.717, 1.165) is 19.3 Å². The zero-order chi connectivity index (χ0) is 13.0. The summed E-state index contributed by atoms with van der Waals surface area (Å²) in [5, 5.41) is 12.2. The second kappa shape index (κ2) is 5.87. The van der Waals surface area contributed by atoms with Gasteiger partial charge in [-0.05, 0) is 49.6 Å². The summed E-state index contributed by atoms with van der Waals surface area (Å²) in [5.74, 6) is 0.476. The molecule has 1 aromatic rings. The molecule has 0 aromatic heterocycles. The molecule has 1 aliphatic rings. The normalized spacial score (nSPS) is 23.6. The lowest BCUT2D eigenvalue weighted by Gasteiger charge is -2.31. The molecule has 4 heteroatoms. The van der Waals surface area contributed by atoms with E-state index in [1.165, 1.54) is 18.6 Å². The van der Waals surface area contributed by atoms with Crippen LogP contribution in [0, 0.1) is 5.92 Å². The van der Waals surface area contributed by atoms with Gasteiger partial charge in [0.15, 0.2) is 0 Å². The molecule has 1 saturated carbocycles. The summed E-state index contributed by atoms with van der Waals surface area (Å²) in [6.07, 6.45) is 4.45. The number of nitrogens with one attached hydrogen (secondary N) is 1. The second-order valence-electron chi connectivity index (χ2n) is 4.91. The monoisotopic (exact) mass is 248 g/mol. The molecule has 0 saturated heterocycles. The first kappa shape index (κ1) is 12.9. The third-order valence-corrected chi connectivity index (χ3v) is 3.66. The van der Waals surface area contributed by atoms with Gasteiger partial charge in [0.25, 0.3) is 5.91 Å². The van der Waals surface area contributed by atoms with Gasteiger partial charge in [-0.1, -0.05) is 12.8 Å². The summed E-state index contributed by atoms with van der Waals surface area (Å²) in [4.78, 5) is 12.1. The smallest absolute Gasteiger partial charge is 0.251 e. The Morgan fingerprint density at radius 3 is 2.61 bits per heavy atom. The van der Waals surface area contributed by atoms with Crippen LogP contribution in [-0.2, 0) is 0 Å². The number of rotatable bonds is 3. The topological polar surface area (TPSA) is 75.3 Å². The van der Waals surface area contributed by atoms with Crippen LogP contribution in [0.4, 0.5) is 0 Å². The zero-order valence-electron chi connectivity index (χ0n) is 10.4. The Balaban J connectivity index is 1.99. The van der Waals surface area contributed by atoms with Gasteiger partial charge in [-0.2, -0.15) is 0 Å². The lowest BCUT2D eigenvalue weighted by Crippen LogP contribution is -2.44. The van der Waals surface area contributed by atoms with Crippen LogP contribution in [0.2, 0.25) is 0 Å². The Morgan fingerprint density at radius 1 is 1.28 bits per heavy atom. The molecular weight excluding hydrogens is 228 g/mol. The molecule has 1 aliphatic carbocycles. The fraction of sp³-hybridized carbons (Fsp3) is 0.500. The SMILES string of the molecule is NCC1CCCCC1NC(=O)c1ccc(O)cc1. The van der Waals surface area contributed by atoms with E-state index in [0.29, 0.717) is 18.0 Å². The number of benzene rings is 1. The fourth-order valence-corrected chi connectivity index (χ4v) is 2.54. The van der Waals surface area contributed by atoms with E-state index < -0.39 is 0 Å². The maximum atomic E-state index is 12.1. The van der Waals surface area contributed by atoms with Crippen molar-refractivity contribution in [3.8, 4) is 5.75 Å². The molecule has 0 radical (unpaired) electrons. The van der Waals surface area contributed by atoms with Crippen LogP contribution in [0.5, 0.6) is 5.75 Å². The molecule has 0 spiro atoms. The number of carbonyl (C=O) groups excluding carboxylic acids is 1. The molecular formula is C14H20N2O2. The number of phenols is 1. The predicted octanol–water partition coefficient (Wildman–Crippen LogP) is 1.64. The van der Waals surface area contributed by atoms with Gasteiger partial charge in [0.05, 0.1) is 0 Å². The van der Waals surface area contributed by atoms with Crippen LogP contribution in [0.25, 0.3) is 0 Å². The van der Waals surface area contributed by atoms with E-state index >= 15 is 0 Å². The first-order chi connectivity index (χ1) is 8.70. The zero-order valence-corrected chi connectivity index (χ0v) is 10.4. The molecule has 1 aromatic carbocycles. The largest absolute Gasteiger partial charge is 0.508 e. The third kappa shape index (κ3) is 3.01. The Kier molecular flexibility index (Phi) is 4.20. The van der Waals surface area contributed by atoms with Crippen molar-refractivity contribution < 1.29 is 9.90 Å². The quantitative estimate of drug-likeness (QED) is 0.761. The maximum Gasteiger partial charge on any atom is 0.251 e. The minimum Gasteiger partial charge on any atom is -0.508 e. The standard InChI is InChI=1S/C14H20N2O2/c15-9-11-3-1-2-4-13(11)16-14(18)10-5-7-12(17)8-6-10/h5-8,11,13,17H,1-4,9,15H2,(H,16,18). The number of aromatic hydroxyl groups is 1. The Hall–Kier alpha value is -1.55. The van der Waals surface area contributed by atoms with Crippen molar-refractivity contribution in [2.45, 2.75) is 31.7 Å². The fourth-order valence-electron chi connectivity index (χ4n) is 2.54. The van der Waals surface area contributed by atoms with Gasteiger partial charge in [0, 0.05) is 11.6 Å². The second-order valence-corrected chi connectivity index (χ2v) is 4.91. The highest BCUT2D eigenvalue weighted by atomic mass is 16.3. The Morgan fingerprint density at radius 2 is 1.94 bits per heavy atom. The van der Waals surface area contributed by atoms with Crippen molar-refractivity contribution in [2.24, 2.45) is 11.7 Å². The molecule has 2 rings (SSSR count). The highest BCUT2D eigenvalue weighted by Crippen LogP contribution is 2.23. The summed E-state index contributed by atoms with van der Waals surface area (Å²) >= 11 is 0. The number of hydrogen-bond acceptors (Lipinski definition) is 3. The minimum absolute atomic E-state index is 0.0830. The van der Waals surface area contributed by atoms with Crippen molar-refractivity contribution in [3.63, 3.8) is 0 Å². The van der Waals surface area contributed by atoms with E-state index in [2.05, 4.69) is 5.32 Å². The van der Waals surface area contributed by atoms with E-state index in [1.807, 2.05) is 0 Å². The van der Waals surface area contributed by atoms with Crippen molar-refractivity contribution in [3.05, 3.63) is 29.8 Å². The Labute approximate surface area is 107 Å². The summed E-state index contributed by atoms with van der Waals surface area (Å²) in [7, 11) is 0. The summed E-state index contributed by atoms with van der Waals surface area (Å²) < 4.78 is 0. The highest BCUT2D eigenvalue weighted by Gasteiger charge is 2.25. The predicted molar refractivity (Wildman–Crippen MR) is 70.4 cm³/mol. The van der Waals surface area contributed by atoms with Crippen molar-refractivity contribution >= 4 is 5.91 Å².